The number of furan rings is 1. The van der Waals surface area contributed by atoms with Gasteiger partial charge in [0.25, 0.3) is 0 Å². The fourth-order valence-electron chi connectivity index (χ4n) is 2.94. The van der Waals surface area contributed by atoms with Gasteiger partial charge < -0.3 is 9.52 Å². The van der Waals surface area contributed by atoms with Crippen molar-refractivity contribution in [3.8, 4) is 6.07 Å². The summed E-state index contributed by atoms with van der Waals surface area (Å²) in [6, 6.07) is 8.26. The van der Waals surface area contributed by atoms with Gasteiger partial charge in [-0.2, -0.15) is 5.26 Å². The zero-order valence-corrected chi connectivity index (χ0v) is 11.2. The Morgan fingerprint density at radius 3 is 3.10 bits per heavy atom. The molecule has 102 valence electrons. The first-order chi connectivity index (χ1) is 9.77. The molecule has 2 heterocycles. The molecule has 0 amide bonds. The monoisotopic (exact) mass is 268 g/mol. The van der Waals surface area contributed by atoms with Crippen molar-refractivity contribution in [2.45, 2.75) is 31.1 Å². The molecular formula is C16H16N2O2. The molecule has 0 aromatic carbocycles. The zero-order valence-electron chi connectivity index (χ0n) is 11.2. The summed E-state index contributed by atoms with van der Waals surface area (Å²) < 4.78 is 5.39. The fraction of sp³-hybridized carbons (Fsp3) is 0.375. The summed E-state index contributed by atoms with van der Waals surface area (Å²) in [4.78, 5) is 4.51. The number of rotatable bonds is 4. The molecule has 0 saturated heterocycles. The number of nitrogens with zero attached hydrogens (tertiary/aromatic N) is 2. The molecule has 3 rings (SSSR count). The Bertz CT molecular complexity index is 643. The molecule has 0 aliphatic heterocycles. The average molecular weight is 268 g/mol. The number of aliphatic hydroxyl groups excluding tert-OH is 1. The van der Waals surface area contributed by atoms with Crippen LogP contribution in [0, 0.1) is 11.3 Å². The summed E-state index contributed by atoms with van der Waals surface area (Å²) in [5.41, 5.74) is 2.45. The van der Waals surface area contributed by atoms with Gasteiger partial charge >= 0.3 is 0 Å². The van der Waals surface area contributed by atoms with E-state index in [0.29, 0.717) is 12.8 Å². The predicted octanol–water partition coefficient (Wildman–Crippen LogP) is 2.16. The number of pyridine rings is 1. The maximum atomic E-state index is 9.66. The van der Waals surface area contributed by atoms with E-state index in [2.05, 4.69) is 17.1 Å². The van der Waals surface area contributed by atoms with Gasteiger partial charge in [-0.3, -0.25) is 4.98 Å². The third kappa shape index (κ3) is 2.10. The van der Waals surface area contributed by atoms with Gasteiger partial charge in [0.2, 0.25) is 0 Å². The van der Waals surface area contributed by atoms with E-state index in [9.17, 15) is 5.26 Å². The third-order valence-corrected chi connectivity index (χ3v) is 3.97. The molecule has 0 radical (unpaired) electrons. The van der Waals surface area contributed by atoms with Gasteiger partial charge in [-0.05, 0) is 42.5 Å². The largest absolute Gasteiger partial charge is 0.469 e. The number of fused-ring (bicyclic) bond motifs is 1. The number of hydrogen-bond donors (Lipinski definition) is 1. The Kier molecular flexibility index (Phi) is 3.29. The molecule has 0 unspecified atom stereocenters. The topological polar surface area (TPSA) is 70.0 Å². The Labute approximate surface area is 117 Å². The smallest absolute Gasteiger partial charge is 0.107 e. The number of aryl methyl sites for hydroxylation is 1. The van der Waals surface area contributed by atoms with Crippen molar-refractivity contribution in [2.75, 3.05) is 6.61 Å². The van der Waals surface area contributed by atoms with E-state index in [1.807, 2.05) is 12.1 Å². The summed E-state index contributed by atoms with van der Waals surface area (Å²) in [5.74, 6) is 0.820. The second-order valence-electron chi connectivity index (χ2n) is 5.27. The Morgan fingerprint density at radius 2 is 2.40 bits per heavy atom. The van der Waals surface area contributed by atoms with Crippen LogP contribution in [-0.2, 0) is 24.7 Å². The van der Waals surface area contributed by atoms with Gasteiger partial charge in [0.1, 0.15) is 11.2 Å². The molecule has 20 heavy (non-hydrogen) atoms. The van der Waals surface area contributed by atoms with E-state index in [4.69, 9.17) is 9.52 Å². The van der Waals surface area contributed by atoms with Crippen molar-refractivity contribution in [2.24, 2.45) is 0 Å². The van der Waals surface area contributed by atoms with Crippen molar-refractivity contribution >= 4 is 0 Å². The van der Waals surface area contributed by atoms with E-state index in [0.717, 1.165) is 35.4 Å². The second-order valence-corrected chi connectivity index (χ2v) is 5.27. The van der Waals surface area contributed by atoms with E-state index in [1.165, 1.54) is 0 Å². The summed E-state index contributed by atoms with van der Waals surface area (Å²) in [6.07, 6.45) is 6.21. The van der Waals surface area contributed by atoms with Gasteiger partial charge in [-0.1, -0.05) is 6.07 Å². The van der Waals surface area contributed by atoms with Crippen LogP contribution < -0.4 is 0 Å². The van der Waals surface area contributed by atoms with Crippen LogP contribution in [0.5, 0.6) is 0 Å². The van der Waals surface area contributed by atoms with Crippen LogP contribution in [0.2, 0.25) is 0 Å². The predicted molar refractivity (Wildman–Crippen MR) is 73.1 cm³/mol. The number of aliphatic hydroxyl groups is 1. The van der Waals surface area contributed by atoms with Gasteiger partial charge in [-0.25, -0.2) is 0 Å². The molecule has 1 aliphatic carbocycles. The third-order valence-electron chi connectivity index (χ3n) is 3.97. The summed E-state index contributed by atoms with van der Waals surface area (Å²) in [6.45, 7) is 0.121. The lowest BCUT2D eigenvalue weighted by Crippen LogP contribution is -2.25. The Morgan fingerprint density at radius 1 is 1.50 bits per heavy atom. The van der Waals surface area contributed by atoms with E-state index in [-0.39, 0.29) is 6.61 Å². The van der Waals surface area contributed by atoms with E-state index in [1.54, 1.807) is 12.5 Å². The van der Waals surface area contributed by atoms with Gasteiger partial charge in [-0.15, -0.1) is 0 Å². The maximum absolute atomic E-state index is 9.66. The van der Waals surface area contributed by atoms with Crippen LogP contribution in [0.15, 0.2) is 35.1 Å². The number of aromatic nitrogens is 1. The quantitative estimate of drug-likeness (QED) is 0.922. The molecule has 2 aromatic rings. The molecule has 4 nitrogen and oxygen atoms in total. The molecule has 0 fully saturated rings. The van der Waals surface area contributed by atoms with Crippen LogP contribution in [0.3, 0.4) is 0 Å². The highest BCUT2D eigenvalue weighted by atomic mass is 16.3. The first kappa shape index (κ1) is 12.9. The first-order valence-electron chi connectivity index (χ1n) is 6.80. The van der Waals surface area contributed by atoms with Crippen molar-refractivity contribution in [3.63, 3.8) is 0 Å². The summed E-state index contributed by atoms with van der Waals surface area (Å²) in [5, 5.41) is 18.7. The molecule has 1 N–H and O–H groups in total. The minimum atomic E-state index is -0.578. The minimum absolute atomic E-state index is 0.121. The van der Waals surface area contributed by atoms with Crippen molar-refractivity contribution in [1.82, 2.24) is 4.98 Å². The minimum Gasteiger partial charge on any atom is -0.469 e. The summed E-state index contributed by atoms with van der Waals surface area (Å²) >= 11 is 0. The van der Waals surface area contributed by atoms with Crippen molar-refractivity contribution in [1.29, 1.82) is 5.26 Å². The highest BCUT2D eigenvalue weighted by molar-refractivity contribution is 5.42. The Hall–Kier alpha value is -2.12. The average Bonchev–Trinajstić information content (AvgIpc) is 3.08. The van der Waals surface area contributed by atoms with Gasteiger partial charge in [0.05, 0.1) is 18.0 Å². The molecular weight excluding hydrogens is 252 g/mol. The van der Waals surface area contributed by atoms with Crippen molar-refractivity contribution < 1.29 is 9.52 Å². The van der Waals surface area contributed by atoms with E-state index < -0.39 is 5.41 Å². The van der Waals surface area contributed by atoms with Gasteiger partial charge in [0.15, 0.2) is 0 Å². The Balaban J connectivity index is 1.95. The van der Waals surface area contributed by atoms with Gasteiger partial charge in [0, 0.05) is 19.2 Å². The van der Waals surface area contributed by atoms with Crippen LogP contribution in [-0.4, -0.2) is 16.7 Å². The maximum Gasteiger partial charge on any atom is 0.107 e. The first-order valence-corrected chi connectivity index (χ1v) is 6.80. The highest BCUT2D eigenvalue weighted by Crippen LogP contribution is 2.40. The molecule has 0 spiro atoms. The molecule has 0 bridgehead atoms. The second kappa shape index (κ2) is 5.10. The normalized spacial score (nSPS) is 20.6. The number of hydrogen-bond acceptors (Lipinski definition) is 4. The van der Waals surface area contributed by atoms with Crippen LogP contribution >= 0.6 is 0 Å². The van der Waals surface area contributed by atoms with Crippen LogP contribution in [0.25, 0.3) is 0 Å². The van der Waals surface area contributed by atoms with E-state index >= 15 is 0 Å². The summed E-state index contributed by atoms with van der Waals surface area (Å²) in [7, 11) is 0. The van der Waals surface area contributed by atoms with Crippen LogP contribution in [0.4, 0.5) is 0 Å². The molecule has 4 heteroatoms. The molecule has 0 saturated carbocycles. The lowest BCUT2D eigenvalue weighted by molar-refractivity contribution is 0.299. The lowest BCUT2D eigenvalue weighted by Gasteiger charge is -2.19. The van der Waals surface area contributed by atoms with Crippen LogP contribution in [0.1, 0.15) is 29.0 Å². The van der Waals surface area contributed by atoms with Crippen molar-refractivity contribution in [3.05, 3.63) is 53.2 Å². The lowest BCUT2D eigenvalue weighted by atomic mass is 9.82. The SMILES string of the molecule is N#C[C@@]1(Cc2ccco2)CCc2cc(CCO)cnc21. The molecule has 1 atom stereocenters. The molecule has 2 aromatic heterocycles. The highest BCUT2D eigenvalue weighted by Gasteiger charge is 2.41. The standard InChI is InChI=1S/C16H16N2O2/c17-11-16(9-14-2-1-7-20-14)5-3-13-8-12(4-6-19)10-18-15(13)16/h1-2,7-8,10,19H,3-6,9H2/t16-/m0/s1. The molecule has 1 aliphatic rings. The fourth-order valence-corrected chi connectivity index (χ4v) is 2.94. The number of nitriles is 1. The zero-order chi connectivity index (χ0) is 14.0.